The maximum atomic E-state index is 9.89. The molecule has 0 atom stereocenters. The Morgan fingerprint density at radius 2 is 2.00 bits per heavy atom. The summed E-state index contributed by atoms with van der Waals surface area (Å²) in [5.41, 5.74) is 2.50. The predicted molar refractivity (Wildman–Crippen MR) is 82.2 cm³/mol. The molecule has 2 aromatic rings. The zero-order valence-electron chi connectivity index (χ0n) is 11.1. The molecule has 1 aromatic carbocycles. The van der Waals surface area contributed by atoms with Crippen LogP contribution >= 0.6 is 11.6 Å². The summed E-state index contributed by atoms with van der Waals surface area (Å²) in [6.07, 6.45) is 1.68. The molecule has 0 fully saturated rings. The van der Waals surface area contributed by atoms with Crippen molar-refractivity contribution in [2.45, 2.75) is 5.40 Å². The Morgan fingerprint density at radius 3 is 2.53 bits per heavy atom. The molecule has 3 nitrogen and oxygen atoms in total. The summed E-state index contributed by atoms with van der Waals surface area (Å²) in [4.78, 5) is 4.36. The normalized spacial score (nSPS) is 11.3. The third kappa shape index (κ3) is 3.11. The van der Waals surface area contributed by atoms with Crippen LogP contribution in [0.4, 0.5) is 0 Å². The molecule has 1 aromatic heterocycles. The highest BCUT2D eigenvalue weighted by molar-refractivity contribution is 6.38. The molecular weight excluding hydrogens is 259 g/mol. The Balaban J connectivity index is 2.37. The number of aliphatic hydroxyl groups is 1. The van der Waals surface area contributed by atoms with Crippen LogP contribution in [0.3, 0.4) is 0 Å². The summed E-state index contributed by atoms with van der Waals surface area (Å²) in [6.45, 7) is 0. The minimum absolute atomic E-state index is 0.569. The lowest BCUT2D eigenvalue weighted by Gasteiger charge is -2.17. The van der Waals surface area contributed by atoms with Crippen molar-refractivity contribution < 1.29 is 9.84 Å². The van der Waals surface area contributed by atoms with Gasteiger partial charge in [0.25, 0.3) is 0 Å². The van der Waals surface area contributed by atoms with E-state index in [9.17, 15) is 5.11 Å². The Labute approximate surface area is 119 Å². The molecule has 96 valence electrons. The number of pyridine rings is 1. The first-order valence-electron chi connectivity index (χ1n) is 5.94. The Morgan fingerprint density at radius 1 is 1.26 bits per heavy atom. The van der Waals surface area contributed by atoms with Crippen LogP contribution in [0.1, 0.15) is 5.56 Å². The summed E-state index contributed by atoms with van der Waals surface area (Å²) >= 11 is 5.99. The van der Waals surface area contributed by atoms with Crippen LogP contribution in [0.2, 0.25) is 5.02 Å². The maximum Gasteiger partial charge on any atom is 0.138 e. The molecule has 0 spiro atoms. The van der Waals surface area contributed by atoms with E-state index in [-0.39, 0.29) is 0 Å². The first kappa shape index (κ1) is 14.0. The second-order valence-corrected chi connectivity index (χ2v) is 5.25. The fraction of sp³-hybridized carbons (Fsp3) is 0.154. The third-order valence-corrected chi connectivity index (χ3v) is 3.23. The molecule has 1 heterocycles. The van der Waals surface area contributed by atoms with Crippen LogP contribution in [0, 0.1) is 0 Å². The number of halogens is 1. The number of nitrogens with zero attached hydrogens (tertiary/aromatic N) is 1. The third-order valence-electron chi connectivity index (χ3n) is 2.92. The number of hydrogen-bond donors (Lipinski definition) is 1. The lowest BCUT2D eigenvalue weighted by Crippen LogP contribution is -2.25. The van der Waals surface area contributed by atoms with Crippen LogP contribution in [0.25, 0.3) is 11.3 Å². The molecule has 19 heavy (non-hydrogen) atoms. The van der Waals surface area contributed by atoms with Gasteiger partial charge in [-0.15, -0.1) is 0 Å². The molecule has 6 heteroatoms. The smallest absolute Gasteiger partial charge is 0.138 e. The van der Waals surface area contributed by atoms with Crippen LogP contribution < -0.4 is 4.74 Å². The zero-order chi connectivity index (χ0) is 14.0. The lowest BCUT2D eigenvalue weighted by atomic mass is 9.62. The van der Waals surface area contributed by atoms with Crippen LogP contribution in [0.15, 0.2) is 36.5 Å². The van der Waals surface area contributed by atoms with E-state index in [0.29, 0.717) is 10.8 Å². The molecule has 0 saturated heterocycles. The highest BCUT2D eigenvalue weighted by Crippen LogP contribution is 2.29. The summed E-state index contributed by atoms with van der Waals surface area (Å²) in [6, 6.07) is 9.24. The molecule has 0 saturated carbocycles. The van der Waals surface area contributed by atoms with Gasteiger partial charge in [-0.3, -0.25) is 4.98 Å². The van der Waals surface area contributed by atoms with E-state index in [4.69, 9.17) is 16.3 Å². The molecule has 1 N–H and O–H groups in total. The van der Waals surface area contributed by atoms with Gasteiger partial charge in [0.1, 0.15) is 21.4 Å². The fourth-order valence-corrected chi connectivity index (χ4v) is 1.94. The molecule has 0 aliphatic rings. The van der Waals surface area contributed by atoms with Crippen molar-refractivity contribution in [2.75, 3.05) is 7.11 Å². The van der Waals surface area contributed by atoms with E-state index in [1.165, 1.54) is 0 Å². The van der Waals surface area contributed by atoms with Gasteiger partial charge in [-0.25, -0.2) is 0 Å². The predicted octanol–water partition coefficient (Wildman–Crippen LogP) is 0.779. The van der Waals surface area contributed by atoms with E-state index in [0.717, 1.165) is 16.8 Å². The van der Waals surface area contributed by atoms with Crippen molar-refractivity contribution in [2.24, 2.45) is 0 Å². The highest BCUT2D eigenvalue weighted by atomic mass is 35.5. The van der Waals surface area contributed by atoms with Crippen LogP contribution in [0.5, 0.6) is 5.75 Å². The Kier molecular flexibility index (Phi) is 3.88. The maximum absolute atomic E-state index is 9.89. The van der Waals surface area contributed by atoms with Gasteiger partial charge in [0.15, 0.2) is 0 Å². The SMILES string of the molecule is BC(B)(O)c1ccc(-c2ccc(Cl)c(OC)c2)nc1. The first-order chi connectivity index (χ1) is 8.91. The van der Waals surface area contributed by atoms with E-state index < -0.39 is 5.40 Å². The number of hydrogen-bond acceptors (Lipinski definition) is 3. The summed E-state index contributed by atoms with van der Waals surface area (Å²) in [7, 11) is 5.04. The largest absolute Gasteiger partial charge is 0.495 e. The average Bonchev–Trinajstić information content (AvgIpc) is 2.38. The van der Waals surface area contributed by atoms with Crippen LogP contribution in [-0.2, 0) is 5.40 Å². The van der Waals surface area contributed by atoms with Gasteiger partial charge in [0, 0.05) is 17.2 Å². The lowest BCUT2D eigenvalue weighted by molar-refractivity contribution is 0.216. The Hall–Kier alpha value is -1.45. The molecule has 0 bridgehead atoms. The minimum Gasteiger partial charge on any atom is -0.495 e. The summed E-state index contributed by atoms with van der Waals surface area (Å²) in [5.74, 6) is 0.618. The summed E-state index contributed by atoms with van der Waals surface area (Å²) < 4.78 is 5.19. The molecule has 2 rings (SSSR count). The standard InChI is InChI=1S/C13H14B2ClNO2/c1-19-12-6-8(2-4-10(12)16)11-5-3-9(7-17-11)13(14,15)18/h2-7,18H,14-15H2,1H3. The number of aromatic nitrogens is 1. The van der Waals surface area contributed by atoms with Gasteiger partial charge >= 0.3 is 0 Å². The average molecular weight is 273 g/mol. The molecular formula is C13H14B2ClNO2. The highest BCUT2D eigenvalue weighted by Gasteiger charge is 2.16. The van der Waals surface area contributed by atoms with Gasteiger partial charge in [-0.2, -0.15) is 0 Å². The Bertz CT molecular complexity index is 582. The number of ether oxygens (including phenoxy) is 1. The monoisotopic (exact) mass is 273 g/mol. The van der Waals surface area contributed by atoms with Crippen molar-refractivity contribution in [1.82, 2.24) is 4.98 Å². The van der Waals surface area contributed by atoms with E-state index in [1.807, 2.05) is 24.3 Å². The summed E-state index contributed by atoms with van der Waals surface area (Å²) in [5, 5.41) is 9.57. The van der Waals surface area contributed by atoms with Gasteiger partial charge in [-0.1, -0.05) is 23.7 Å². The van der Waals surface area contributed by atoms with Crippen molar-refractivity contribution >= 4 is 27.3 Å². The number of rotatable bonds is 3. The second-order valence-electron chi connectivity index (χ2n) is 4.84. The topological polar surface area (TPSA) is 42.4 Å². The molecule has 0 aliphatic carbocycles. The van der Waals surface area contributed by atoms with Gasteiger partial charge in [-0.05, 0) is 23.8 Å². The molecule has 0 radical (unpaired) electrons. The van der Waals surface area contributed by atoms with Crippen LogP contribution in [-0.4, -0.2) is 32.9 Å². The first-order valence-corrected chi connectivity index (χ1v) is 6.32. The van der Waals surface area contributed by atoms with Gasteiger partial charge in [0.05, 0.1) is 17.8 Å². The van der Waals surface area contributed by atoms with Gasteiger partial charge in [0.2, 0.25) is 0 Å². The van der Waals surface area contributed by atoms with Crippen molar-refractivity contribution in [3.05, 3.63) is 47.1 Å². The van der Waals surface area contributed by atoms with E-state index in [1.54, 1.807) is 35.1 Å². The fourth-order valence-electron chi connectivity index (χ4n) is 1.75. The zero-order valence-corrected chi connectivity index (χ0v) is 11.9. The van der Waals surface area contributed by atoms with Gasteiger partial charge < -0.3 is 9.84 Å². The van der Waals surface area contributed by atoms with Crippen molar-refractivity contribution in [3.63, 3.8) is 0 Å². The van der Waals surface area contributed by atoms with Crippen molar-refractivity contribution in [3.8, 4) is 17.0 Å². The molecule has 0 aliphatic heterocycles. The van der Waals surface area contributed by atoms with E-state index >= 15 is 0 Å². The number of benzene rings is 1. The minimum atomic E-state index is -0.886. The molecule has 0 unspecified atom stereocenters. The second kappa shape index (κ2) is 5.27. The quantitative estimate of drug-likeness (QED) is 0.840. The molecule has 0 amide bonds. The number of methoxy groups -OCH3 is 1. The van der Waals surface area contributed by atoms with E-state index in [2.05, 4.69) is 4.98 Å². The van der Waals surface area contributed by atoms with Crippen molar-refractivity contribution in [1.29, 1.82) is 0 Å².